The van der Waals surface area contributed by atoms with Crippen LogP contribution in [0, 0.1) is 0 Å². The van der Waals surface area contributed by atoms with Gasteiger partial charge in [-0.15, -0.1) is 0 Å². The van der Waals surface area contributed by atoms with Gasteiger partial charge in [0.05, 0.1) is 17.8 Å². The van der Waals surface area contributed by atoms with Gasteiger partial charge in [0.2, 0.25) is 11.9 Å². The van der Waals surface area contributed by atoms with Crippen molar-refractivity contribution in [3.05, 3.63) is 59.7 Å². The number of aliphatic hydroxyl groups is 7. The van der Waals surface area contributed by atoms with Crippen LogP contribution >= 0.6 is 0 Å². The number of carbonyl (C=O) groups excluding carboxylic acids is 2. The Balaban J connectivity index is 1.45. The summed E-state index contributed by atoms with van der Waals surface area (Å²) in [4.78, 5) is 25.0. The number of hydrogen-bond acceptors (Lipinski definition) is 14. The Hall–Kier alpha value is -3.34. The van der Waals surface area contributed by atoms with Crippen LogP contribution in [-0.4, -0.2) is 114 Å². The fourth-order valence-corrected chi connectivity index (χ4v) is 4.60. The minimum absolute atomic E-state index is 0.0224. The van der Waals surface area contributed by atoms with Crippen LogP contribution in [0.3, 0.4) is 0 Å². The molecule has 2 aliphatic rings. The molecule has 2 aromatic carbocycles. The van der Waals surface area contributed by atoms with Gasteiger partial charge in [-0.25, -0.2) is 9.59 Å². The van der Waals surface area contributed by atoms with Crippen molar-refractivity contribution in [1.82, 2.24) is 0 Å². The maximum atomic E-state index is 12.7. The first-order chi connectivity index (χ1) is 19.4. The number of benzene rings is 2. The van der Waals surface area contributed by atoms with Gasteiger partial charge in [-0.05, 0) is 43.2 Å². The highest BCUT2D eigenvalue weighted by Gasteiger charge is 2.56. The Labute approximate surface area is 233 Å². The zero-order valence-electron chi connectivity index (χ0n) is 21.6. The molecule has 2 fully saturated rings. The van der Waals surface area contributed by atoms with Gasteiger partial charge in [0.15, 0.2) is 0 Å². The summed E-state index contributed by atoms with van der Waals surface area (Å²) in [5, 5.41) is 81.9. The number of rotatable bonds is 8. The van der Waals surface area contributed by atoms with E-state index in [0.717, 1.165) is 6.07 Å². The number of hydrogen-bond donors (Lipinski definition) is 8. The zero-order valence-corrected chi connectivity index (χ0v) is 21.6. The maximum Gasteiger partial charge on any atom is 0.344 e. The van der Waals surface area contributed by atoms with Crippen LogP contribution in [0.1, 0.15) is 28.8 Å². The molecule has 4 rings (SSSR count). The molecule has 1 aliphatic carbocycles. The Morgan fingerprint density at radius 3 is 2.32 bits per heavy atom. The average molecular weight is 581 g/mol. The lowest BCUT2D eigenvalue weighted by Crippen LogP contribution is -2.65. The highest BCUT2D eigenvalue weighted by molar-refractivity contribution is 5.89. The van der Waals surface area contributed by atoms with Crippen molar-refractivity contribution in [2.75, 3.05) is 6.61 Å². The molecule has 41 heavy (non-hydrogen) atoms. The first-order valence-corrected chi connectivity index (χ1v) is 12.8. The second-order valence-corrected chi connectivity index (χ2v) is 9.90. The minimum atomic E-state index is -2.82. The minimum Gasteiger partial charge on any atom is -0.508 e. The first-order valence-electron chi connectivity index (χ1n) is 12.8. The monoisotopic (exact) mass is 580 g/mol. The Kier molecular flexibility index (Phi) is 9.46. The lowest BCUT2D eigenvalue weighted by Gasteiger charge is -2.41. The molecule has 1 heterocycles. The van der Waals surface area contributed by atoms with Gasteiger partial charge in [0.1, 0.15) is 55.2 Å². The maximum absolute atomic E-state index is 12.7. The molecular formula is C27H32O14. The van der Waals surface area contributed by atoms with E-state index in [1.54, 1.807) is 18.2 Å². The number of ether oxygens (including phenoxy) is 4. The van der Waals surface area contributed by atoms with E-state index < -0.39 is 79.8 Å². The van der Waals surface area contributed by atoms with Gasteiger partial charge in [0.25, 0.3) is 0 Å². The van der Waals surface area contributed by atoms with E-state index >= 15 is 0 Å². The second-order valence-electron chi connectivity index (χ2n) is 9.90. The van der Waals surface area contributed by atoms with Crippen molar-refractivity contribution in [2.45, 2.75) is 74.1 Å². The normalized spacial score (nSPS) is 33.5. The van der Waals surface area contributed by atoms with Gasteiger partial charge in [-0.1, -0.05) is 18.2 Å². The van der Waals surface area contributed by atoms with E-state index in [2.05, 4.69) is 0 Å². The number of aliphatic hydroxyl groups excluding tert-OH is 6. The van der Waals surface area contributed by atoms with Crippen molar-refractivity contribution >= 4 is 11.9 Å². The highest BCUT2D eigenvalue weighted by Crippen LogP contribution is 2.33. The van der Waals surface area contributed by atoms with Gasteiger partial charge >= 0.3 is 11.9 Å². The SMILES string of the molecule is O=C(OC[C@H]1O[C@@H](Oc2ccc(O)cc2COC(=O)[C@@]2(O)[C@H](O)CC[C@H](O)[C@@H]2O)[C@@H](O)[C@@H](O)[C@@H]1O)c1ccccc1. The zero-order chi connectivity index (χ0) is 29.9. The topological polar surface area (TPSA) is 233 Å². The Morgan fingerprint density at radius 1 is 0.902 bits per heavy atom. The van der Waals surface area contributed by atoms with Crippen LogP contribution in [0.15, 0.2) is 48.5 Å². The molecule has 0 aromatic heterocycles. The number of phenols is 1. The fraction of sp³-hybridized carbons (Fsp3) is 0.481. The van der Waals surface area contributed by atoms with Gasteiger partial charge in [0, 0.05) is 5.56 Å². The summed E-state index contributed by atoms with van der Waals surface area (Å²) in [5.41, 5.74) is -2.60. The molecule has 2 aromatic rings. The van der Waals surface area contributed by atoms with Crippen LogP contribution < -0.4 is 4.74 Å². The molecule has 14 heteroatoms. The lowest BCUT2D eigenvalue weighted by molar-refractivity contribution is -0.277. The lowest BCUT2D eigenvalue weighted by atomic mass is 9.78. The molecule has 14 nitrogen and oxygen atoms in total. The molecule has 8 N–H and O–H groups in total. The third-order valence-electron chi connectivity index (χ3n) is 7.09. The van der Waals surface area contributed by atoms with E-state index in [1.807, 2.05) is 0 Å². The highest BCUT2D eigenvalue weighted by atomic mass is 16.7. The molecule has 0 radical (unpaired) electrons. The third-order valence-corrected chi connectivity index (χ3v) is 7.09. The fourth-order valence-electron chi connectivity index (χ4n) is 4.60. The smallest absolute Gasteiger partial charge is 0.344 e. The van der Waals surface area contributed by atoms with Crippen molar-refractivity contribution in [3.8, 4) is 11.5 Å². The third kappa shape index (κ3) is 6.45. The number of phenolic OH excluding ortho intramolecular Hbond substituents is 1. The van der Waals surface area contributed by atoms with E-state index in [9.17, 15) is 50.4 Å². The summed E-state index contributed by atoms with van der Waals surface area (Å²) in [6, 6.07) is 11.5. The number of carbonyl (C=O) groups is 2. The standard InChI is InChI=1S/C27H32O14/c28-15-6-8-17(14(10-15)11-39-26(36)27(37)19(30)9-7-16(29)23(27)34)40-25-22(33)21(32)20(31)18(41-25)12-38-24(35)13-4-2-1-3-5-13/h1-6,8,10,16,18-23,25,28-34,37H,7,9,11-12H2/t16-,18+,19+,20+,21-,22-,23-,25+,27+/m0/s1. The largest absolute Gasteiger partial charge is 0.508 e. The molecule has 0 amide bonds. The van der Waals surface area contributed by atoms with Gasteiger partial charge in [-0.2, -0.15) is 0 Å². The van der Waals surface area contributed by atoms with Crippen LogP contribution in [0.5, 0.6) is 11.5 Å². The Morgan fingerprint density at radius 2 is 1.61 bits per heavy atom. The summed E-state index contributed by atoms with van der Waals surface area (Å²) < 4.78 is 21.5. The van der Waals surface area contributed by atoms with E-state index in [4.69, 9.17) is 18.9 Å². The molecule has 0 spiro atoms. The van der Waals surface area contributed by atoms with E-state index in [1.165, 1.54) is 24.3 Å². The second kappa shape index (κ2) is 12.7. The molecule has 9 atom stereocenters. The van der Waals surface area contributed by atoms with Crippen molar-refractivity contribution in [2.24, 2.45) is 0 Å². The van der Waals surface area contributed by atoms with Crippen molar-refractivity contribution in [3.63, 3.8) is 0 Å². The van der Waals surface area contributed by atoms with Crippen LogP contribution in [0.2, 0.25) is 0 Å². The summed E-state index contributed by atoms with van der Waals surface area (Å²) >= 11 is 0. The Bertz CT molecular complexity index is 1210. The molecule has 224 valence electrons. The van der Waals surface area contributed by atoms with Crippen LogP contribution in [-0.2, 0) is 25.6 Å². The van der Waals surface area contributed by atoms with Crippen molar-refractivity contribution in [1.29, 1.82) is 0 Å². The molecule has 0 unspecified atom stereocenters. The summed E-state index contributed by atoms with van der Waals surface area (Å²) in [7, 11) is 0. The van der Waals surface area contributed by atoms with Gasteiger partial charge < -0.3 is 59.8 Å². The molecule has 1 saturated carbocycles. The van der Waals surface area contributed by atoms with Gasteiger partial charge in [-0.3, -0.25) is 0 Å². The molecule has 1 saturated heterocycles. The van der Waals surface area contributed by atoms with E-state index in [-0.39, 0.29) is 35.5 Å². The first kappa shape index (κ1) is 30.6. The predicted molar refractivity (Wildman–Crippen MR) is 134 cm³/mol. The number of esters is 2. The molecular weight excluding hydrogens is 548 g/mol. The summed E-state index contributed by atoms with van der Waals surface area (Å²) in [5.74, 6) is -2.58. The average Bonchev–Trinajstić information content (AvgIpc) is 2.97. The van der Waals surface area contributed by atoms with Crippen LogP contribution in [0.25, 0.3) is 0 Å². The predicted octanol–water partition coefficient (Wildman–Crippen LogP) is -1.91. The number of aromatic hydroxyl groups is 1. The van der Waals surface area contributed by atoms with Crippen LogP contribution in [0.4, 0.5) is 0 Å². The van der Waals surface area contributed by atoms with E-state index in [0.29, 0.717) is 0 Å². The molecule has 0 bridgehead atoms. The van der Waals surface area contributed by atoms with Crippen molar-refractivity contribution < 1.29 is 69.4 Å². The summed E-state index contributed by atoms with van der Waals surface area (Å²) in [6.07, 6.45) is -13.6. The molecule has 1 aliphatic heterocycles. The summed E-state index contributed by atoms with van der Waals surface area (Å²) in [6.45, 7) is -1.18. The quantitative estimate of drug-likeness (QED) is 0.159.